The van der Waals surface area contributed by atoms with Gasteiger partial charge in [-0.05, 0) is 20.8 Å². The quantitative estimate of drug-likeness (QED) is 0.523. The molecule has 0 heterocycles. The lowest BCUT2D eigenvalue weighted by molar-refractivity contribution is -0.117. The van der Waals surface area contributed by atoms with Crippen LogP contribution in [-0.4, -0.2) is 37.5 Å². The molecule has 0 radical (unpaired) electrons. The number of nitrogens with one attached hydrogen (secondary N) is 2. The molecule has 0 atom stereocenters. The van der Waals surface area contributed by atoms with Crippen molar-refractivity contribution in [3.63, 3.8) is 0 Å². The molecule has 6 nitrogen and oxygen atoms in total. The highest BCUT2D eigenvalue weighted by Gasteiger charge is 2.16. The molecule has 0 spiro atoms. The molecular formula is C9H17N3O3. The molecule has 0 aliphatic carbocycles. The molecule has 0 bridgehead atoms. The normalized spacial score (nSPS) is 11.2. The minimum absolute atomic E-state index is 0.174. The van der Waals surface area contributed by atoms with Crippen molar-refractivity contribution in [1.82, 2.24) is 10.6 Å². The largest absolute Gasteiger partial charge is 0.444 e. The van der Waals surface area contributed by atoms with E-state index in [4.69, 9.17) is 4.74 Å². The van der Waals surface area contributed by atoms with E-state index >= 15 is 0 Å². The van der Waals surface area contributed by atoms with Gasteiger partial charge in [0.05, 0.1) is 6.34 Å². The fraction of sp³-hybridized carbons (Fsp3) is 0.667. The molecule has 0 fully saturated rings. The number of rotatable bonds is 3. The van der Waals surface area contributed by atoms with Gasteiger partial charge in [0.2, 0.25) is 0 Å². The van der Waals surface area contributed by atoms with Gasteiger partial charge in [-0.3, -0.25) is 4.79 Å². The van der Waals surface area contributed by atoms with Crippen LogP contribution in [0.5, 0.6) is 0 Å². The third-order valence-corrected chi connectivity index (χ3v) is 1.12. The number of ether oxygens (including phenoxy) is 1. The Morgan fingerprint density at radius 2 is 2.00 bits per heavy atom. The summed E-state index contributed by atoms with van der Waals surface area (Å²) in [6, 6.07) is 0. The summed E-state index contributed by atoms with van der Waals surface area (Å²) in [7, 11) is 1.62. The van der Waals surface area contributed by atoms with Crippen LogP contribution >= 0.6 is 0 Å². The number of carbonyl (C=O) groups excluding carboxylic acids is 2. The number of hydrogen-bond donors (Lipinski definition) is 2. The van der Waals surface area contributed by atoms with Gasteiger partial charge in [-0.15, -0.1) is 0 Å². The fourth-order valence-electron chi connectivity index (χ4n) is 0.644. The van der Waals surface area contributed by atoms with E-state index in [-0.39, 0.29) is 6.54 Å². The molecule has 15 heavy (non-hydrogen) atoms. The van der Waals surface area contributed by atoms with Gasteiger partial charge in [0, 0.05) is 7.05 Å². The maximum absolute atomic E-state index is 11.1. The summed E-state index contributed by atoms with van der Waals surface area (Å²) in [5.74, 6) is -0.449. The van der Waals surface area contributed by atoms with Crippen molar-refractivity contribution < 1.29 is 14.3 Å². The molecular weight excluding hydrogens is 198 g/mol. The molecule has 0 aliphatic heterocycles. The van der Waals surface area contributed by atoms with E-state index in [0.717, 1.165) is 0 Å². The number of aliphatic imine (C=N–C) groups is 1. The monoisotopic (exact) mass is 215 g/mol. The van der Waals surface area contributed by atoms with Crippen LogP contribution in [0.4, 0.5) is 4.79 Å². The summed E-state index contributed by atoms with van der Waals surface area (Å²) < 4.78 is 4.92. The molecule has 6 heteroatoms. The van der Waals surface area contributed by atoms with Gasteiger partial charge in [0.25, 0.3) is 5.91 Å². The van der Waals surface area contributed by atoms with Gasteiger partial charge >= 0.3 is 6.09 Å². The second-order valence-corrected chi connectivity index (χ2v) is 3.80. The highest BCUT2D eigenvalue weighted by molar-refractivity contribution is 5.87. The molecule has 2 amide bonds. The van der Waals surface area contributed by atoms with Crippen molar-refractivity contribution in [2.75, 3.05) is 13.6 Å². The van der Waals surface area contributed by atoms with Gasteiger partial charge in [-0.2, -0.15) is 0 Å². The van der Waals surface area contributed by atoms with Gasteiger partial charge in [-0.1, -0.05) is 0 Å². The van der Waals surface area contributed by atoms with Crippen LogP contribution in [0.1, 0.15) is 20.8 Å². The molecule has 0 aromatic carbocycles. The van der Waals surface area contributed by atoms with Gasteiger partial charge in [-0.25, -0.2) is 9.79 Å². The smallest absolute Gasteiger partial charge is 0.408 e. The maximum atomic E-state index is 11.1. The second-order valence-electron chi connectivity index (χ2n) is 3.80. The van der Waals surface area contributed by atoms with Crippen LogP contribution in [0.2, 0.25) is 0 Å². The SMILES string of the molecule is CN/C=N/C(=O)CNC(=O)OC(C)(C)C. The molecule has 0 rings (SSSR count). The van der Waals surface area contributed by atoms with Crippen LogP contribution in [0, 0.1) is 0 Å². The van der Waals surface area contributed by atoms with Crippen LogP contribution < -0.4 is 10.6 Å². The first-order valence-corrected chi connectivity index (χ1v) is 4.54. The zero-order valence-electron chi connectivity index (χ0n) is 9.46. The van der Waals surface area contributed by atoms with Crippen LogP contribution in [0.25, 0.3) is 0 Å². The Morgan fingerprint density at radius 1 is 1.40 bits per heavy atom. The van der Waals surface area contributed by atoms with Crippen molar-refractivity contribution in [3.8, 4) is 0 Å². The van der Waals surface area contributed by atoms with Crippen LogP contribution in [0.3, 0.4) is 0 Å². The molecule has 86 valence electrons. The summed E-state index contributed by atoms with van der Waals surface area (Å²) in [6.45, 7) is 5.06. The number of hydrogen-bond acceptors (Lipinski definition) is 3. The Bertz CT molecular complexity index is 256. The Kier molecular flexibility index (Phi) is 5.36. The highest BCUT2D eigenvalue weighted by Crippen LogP contribution is 2.05. The maximum Gasteiger partial charge on any atom is 0.408 e. The van der Waals surface area contributed by atoms with E-state index in [0.29, 0.717) is 0 Å². The highest BCUT2D eigenvalue weighted by atomic mass is 16.6. The van der Waals surface area contributed by atoms with E-state index in [1.165, 1.54) is 6.34 Å². The van der Waals surface area contributed by atoms with E-state index in [1.54, 1.807) is 27.8 Å². The van der Waals surface area contributed by atoms with Crippen LogP contribution in [0.15, 0.2) is 4.99 Å². The number of alkyl carbamates (subject to hydrolysis) is 1. The summed E-state index contributed by atoms with van der Waals surface area (Å²) in [6.07, 6.45) is 0.620. The Balaban J connectivity index is 3.81. The lowest BCUT2D eigenvalue weighted by Crippen LogP contribution is -2.35. The topological polar surface area (TPSA) is 79.8 Å². The first kappa shape index (κ1) is 13.4. The number of amides is 2. The lowest BCUT2D eigenvalue weighted by Gasteiger charge is -2.19. The summed E-state index contributed by atoms with van der Waals surface area (Å²) in [4.78, 5) is 25.5. The summed E-state index contributed by atoms with van der Waals surface area (Å²) >= 11 is 0. The predicted octanol–water partition coefficient (Wildman–Crippen LogP) is 0.285. The van der Waals surface area contributed by atoms with E-state index < -0.39 is 17.6 Å². The average molecular weight is 215 g/mol. The average Bonchev–Trinajstić information content (AvgIpc) is 2.08. The van der Waals surface area contributed by atoms with Gasteiger partial charge in [0.1, 0.15) is 12.1 Å². The Labute approximate surface area is 89.1 Å². The first-order valence-electron chi connectivity index (χ1n) is 4.54. The second kappa shape index (κ2) is 6.00. The zero-order valence-corrected chi connectivity index (χ0v) is 9.46. The molecule has 0 aromatic rings. The molecule has 0 aliphatic rings. The van der Waals surface area contributed by atoms with Crippen molar-refractivity contribution in [1.29, 1.82) is 0 Å². The third-order valence-electron chi connectivity index (χ3n) is 1.12. The molecule has 2 N–H and O–H groups in total. The van der Waals surface area contributed by atoms with E-state index in [2.05, 4.69) is 15.6 Å². The zero-order chi connectivity index (χ0) is 11.9. The minimum atomic E-state index is -0.629. The van der Waals surface area contributed by atoms with Crippen molar-refractivity contribution in [3.05, 3.63) is 0 Å². The Morgan fingerprint density at radius 3 is 2.47 bits per heavy atom. The predicted molar refractivity (Wildman–Crippen MR) is 56.8 cm³/mol. The fourth-order valence-corrected chi connectivity index (χ4v) is 0.644. The van der Waals surface area contributed by atoms with Gasteiger partial charge < -0.3 is 15.4 Å². The lowest BCUT2D eigenvalue weighted by atomic mass is 10.2. The number of carbonyl (C=O) groups is 2. The molecule has 0 saturated heterocycles. The van der Waals surface area contributed by atoms with Crippen molar-refractivity contribution in [2.45, 2.75) is 26.4 Å². The van der Waals surface area contributed by atoms with Crippen molar-refractivity contribution in [2.24, 2.45) is 4.99 Å². The molecule has 0 unspecified atom stereocenters. The van der Waals surface area contributed by atoms with Gasteiger partial charge in [0.15, 0.2) is 0 Å². The minimum Gasteiger partial charge on any atom is -0.444 e. The van der Waals surface area contributed by atoms with Crippen molar-refractivity contribution >= 4 is 18.3 Å². The van der Waals surface area contributed by atoms with E-state index in [9.17, 15) is 9.59 Å². The first-order chi connectivity index (χ1) is 6.85. The number of nitrogens with zero attached hydrogens (tertiary/aromatic N) is 1. The Hall–Kier alpha value is -1.59. The third kappa shape index (κ3) is 8.73. The summed E-state index contributed by atoms with van der Waals surface area (Å²) in [5.41, 5.74) is -0.568. The standard InChI is InChI=1S/C9H17N3O3/c1-9(2,3)15-8(14)11-5-7(13)12-6-10-4/h6H,5H2,1-4H3,(H,11,14)(H,10,12,13). The van der Waals surface area contributed by atoms with Crippen LogP contribution in [-0.2, 0) is 9.53 Å². The molecule has 0 aromatic heterocycles. The summed E-state index contributed by atoms with van der Waals surface area (Å²) in [5, 5.41) is 4.86. The van der Waals surface area contributed by atoms with E-state index in [1.807, 2.05) is 0 Å². The molecule has 0 saturated carbocycles.